The number of hydrogen-bond acceptors (Lipinski definition) is 5. The summed E-state index contributed by atoms with van der Waals surface area (Å²) in [5.41, 5.74) is 2.15. The topological polar surface area (TPSA) is 96.0 Å². The van der Waals surface area contributed by atoms with E-state index in [1.807, 2.05) is 9.80 Å². The minimum Gasteiger partial charge on any atom is -0.462 e. The third kappa shape index (κ3) is 5.53. The molecule has 2 saturated heterocycles. The summed E-state index contributed by atoms with van der Waals surface area (Å²) in [6, 6.07) is 13.4. The lowest BCUT2D eigenvalue weighted by atomic mass is 9.77. The van der Waals surface area contributed by atoms with Crippen LogP contribution in [0.15, 0.2) is 48.5 Å². The summed E-state index contributed by atoms with van der Waals surface area (Å²) in [7, 11) is 0. The summed E-state index contributed by atoms with van der Waals surface area (Å²) in [6.07, 6.45) is 2.58. The number of nitrogens with zero attached hydrogens (tertiary/aromatic N) is 2. The zero-order valence-electron chi connectivity index (χ0n) is 20.2. The van der Waals surface area contributed by atoms with E-state index in [0.29, 0.717) is 55.2 Å². The Kier molecular flexibility index (Phi) is 7.19. The van der Waals surface area contributed by atoms with Gasteiger partial charge in [0.1, 0.15) is 0 Å². The Morgan fingerprint density at radius 1 is 0.886 bits per heavy atom. The normalized spacial score (nSPS) is 16.7. The molecule has 35 heavy (non-hydrogen) atoms. The van der Waals surface area contributed by atoms with Crippen molar-refractivity contribution in [3.63, 3.8) is 0 Å². The smallest absolute Gasteiger partial charge is 0.338 e. The highest BCUT2D eigenvalue weighted by molar-refractivity contribution is 5.98. The highest BCUT2D eigenvalue weighted by Gasteiger charge is 2.42. The molecule has 1 spiro atoms. The van der Waals surface area contributed by atoms with Crippen molar-refractivity contribution in [2.45, 2.75) is 33.1 Å². The number of benzene rings is 2. The first kappa shape index (κ1) is 24.4. The molecule has 2 fully saturated rings. The number of carbonyl (C=O) groups excluding carboxylic acids is 4. The molecule has 2 aliphatic heterocycles. The molecule has 2 aromatic rings. The number of hydrogen-bond donors (Lipinski definition) is 1. The van der Waals surface area contributed by atoms with Gasteiger partial charge in [-0.15, -0.1) is 0 Å². The summed E-state index contributed by atoms with van der Waals surface area (Å²) in [5, 5.41) is 2.89. The predicted octanol–water partition coefficient (Wildman–Crippen LogP) is 4.23. The van der Waals surface area contributed by atoms with E-state index in [1.165, 1.54) is 6.92 Å². The molecule has 0 saturated carbocycles. The summed E-state index contributed by atoms with van der Waals surface area (Å²) in [5.74, 6) is -0.464. The number of ether oxygens (including phenoxy) is 1. The molecular weight excluding hydrogens is 446 g/mol. The number of rotatable bonds is 5. The van der Waals surface area contributed by atoms with Crippen LogP contribution in [0.5, 0.6) is 0 Å². The van der Waals surface area contributed by atoms with Gasteiger partial charge in [-0.3, -0.25) is 9.59 Å². The van der Waals surface area contributed by atoms with E-state index in [1.54, 1.807) is 55.5 Å². The largest absolute Gasteiger partial charge is 0.462 e. The van der Waals surface area contributed by atoms with Crippen LogP contribution in [0.4, 0.5) is 10.5 Å². The molecule has 1 N–H and O–H groups in total. The number of esters is 1. The van der Waals surface area contributed by atoms with E-state index in [-0.39, 0.29) is 23.1 Å². The van der Waals surface area contributed by atoms with Crippen molar-refractivity contribution < 1.29 is 23.9 Å². The summed E-state index contributed by atoms with van der Waals surface area (Å²) >= 11 is 0. The summed E-state index contributed by atoms with van der Waals surface area (Å²) < 4.78 is 5.03. The van der Waals surface area contributed by atoms with Crippen LogP contribution in [-0.4, -0.2) is 66.3 Å². The molecule has 184 valence electrons. The minimum atomic E-state index is -0.417. The van der Waals surface area contributed by atoms with Crippen molar-refractivity contribution >= 4 is 29.4 Å². The first-order valence-electron chi connectivity index (χ1n) is 12.0. The van der Waals surface area contributed by atoms with E-state index < -0.39 is 5.97 Å². The summed E-state index contributed by atoms with van der Waals surface area (Å²) in [4.78, 5) is 52.9. The van der Waals surface area contributed by atoms with Crippen LogP contribution in [0.2, 0.25) is 0 Å². The zero-order chi connectivity index (χ0) is 25.0. The SMILES string of the molecule is CCOC(=O)c1cccc(NC(=O)N2CCC3(CCN(C(=O)c4ccc(C(C)=O)cc4)CC3)C2)c1. The van der Waals surface area contributed by atoms with Gasteiger partial charge in [-0.25, -0.2) is 9.59 Å². The van der Waals surface area contributed by atoms with Crippen molar-refractivity contribution in [2.24, 2.45) is 5.41 Å². The van der Waals surface area contributed by atoms with Crippen LogP contribution >= 0.6 is 0 Å². The standard InChI is InChI=1S/C27H31N3O5/c1-3-35-25(33)22-5-4-6-23(17-22)28-26(34)30-16-13-27(18-30)11-14-29(15-12-27)24(32)21-9-7-20(8-10-21)19(2)31/h4-10,17H,3,11-16,18H2,1-2H3,(H,28,34). The van der Waals surface area contributed by atoms with Crippen molar-refractivity contribution in [3.8, 4) is 0 Å². The van der Waals surface area contributed by atoms with Crippen molar-refractivity contribution in [1.29, 1.82) is 0 Å². The maximum absolute atomic E-state index is 12.9. The Morgan fingerprint density at radius 2 is 1.51 bits per heavy atom. The molecule has 8 nitrogen and oxygen atoms in total. The van der Waals surface area contributed by atoms with Gasteiger partial charge in [-0.05, 0) is 68.9 Å². The van der Waals surface area contributed by atoms with Gasteiger partial charge in [0.25, 0.3) is 5.91 Å². The molecule has 3 amide bonds. The molecule has 8 heteroatoms. The third-order valence-electron chi connectivity index (χ3n) is 7.00. The van der Waals surface area contributed by atoms with Gasteiger partial charge < -0.3 is 19.9 Å². The van der Waals surface area contributed by atoms with Crippen molar-refractivity contribution in [2.75, 3.05) is 38.1 Å². The fourth-order valence-electron chi connectivity index (χ4n) is 4.87. The van der Waals surface area contributed by atoms with E-state index in [0.717, 1.165) is 19.3 Å². The molecule has 0 aliphatic carbocycles. The van der Waals surface area contributed by atoms with Crippen molar-refractivity contribution in [3.05, 3.63) is 65.2 Å². The number of piperidine rings is 1. The van der Waals surface area contributed by atoms with Gasteiger partial charge in [0, 0.05) is 43.0 Å². The third-order valence-corrected chi connectivity index (χ3v) is 7.00. The minimum absolute atomic E-state index is 0.0133. The quantitative estimate of drug-likeness (QED) is 0.514. The highest BCUT2D eigenvalue weighted by Crippen LogP contribution is 2.40. The number of anilines is 1. The van der Waals surface area contributed by atoms with Crippen LogP contribution in [0.3, 0.4) is 0 Å². The fourth-order valence-corrected chi connectivity index (χ4v) is 4.87. The van der Waals surface area contributed by atoms with E-state index in [9.17, 15) is 19.2 Å². The molecule has 2 aliphatic rings. The number of Topliss-reactive ketones (excluding diaryl/α,β-unsaturated/α-hetero) is 1. The predicted molar refractivity (Wildman–Crippen MR) is 132 cm³/mol. The lowest BCUT2D eigenvalue weighted by Crippen LogP contribution is -2.45. The zero-order valence-corrected chi connectivity index (χ0v) is 20.2. The maximum atomic E-state index is 12.9. The maximum Gasteiger partial charge on any atom is 0.338 e. The van der Waals surface area contributed by atoms with E-state index in [2.05, 4.69) is 5.32 Å². The fraction of sp³-hybridized carbons (Fsp3) is 0.407. The number of likely N-dealkylation sites (tertiary alicyclic amines) is 2. The van der Waals surface area contributed by atoms with Gasteiger partial charge in [-0.2, -0.15) is 0 Å². The average Bonchev–Trinajstić information content (AvgIpc) is 3.28. The molecular formula is C27H31N3O5. The van der Waals surface area contributed by atoms with Gasteiger partial charge in [0.15, 0.2) is 5.78 Å². The number of nitrogens with one attached hydrogen (secondary N) is 1. The van der Waals surface area contributed by atoms with Crippen molar-refractivity contribution in [1.82, 2.24) is 9.80 Å². The second kappa shape index (κ2) is 10.3. The molecule has 0 radical (unpaired) electrons. The first-order valence-corrected chi connectivity index (χ1v) is 12.0. The molecule has 0 unspecified atom stereocenters. The monoisotopic (exact) mass is 477 g/mol. The van der Waals surface area contributed by atoms with Crippen LogP contribution in [0, 0.1) is 5.41 Å². The molecule has 4 rings (SSSR count). The molecule has 0 aromatic heterocycles. The van der Waals surface area contributed by atoms with Crippen LogP contribution < -0.4 is 5.32 Å². The first-order chi connectivity index (χ1) is 16.8. The lowest BCUT2D eigenvalue weighted by Gasteiger charge is -2.39. The van der Waals surface area contributed by atoms with Gasteiger partial charge in [0.05, 0.1) is 12.2 Å². The number of urea groups is 1. The molecule has 2 aromatic carbocycles. The molecule has 0 bridgehead atoms. The summed E-state index contributed by atoms with van der Waals surface area (Å²) in [6.45, 7) is 6.14. The van der Waals surface area contributed by atoms with Crippen LogP contribution in [-0.2, 0) is 4.74 Å². The van der Waals surface area contributed by atoms with E-state index in [4.69, 9.17) is 4.74 Å². The second-order valence-corrected chi connectivity index (χ2v) is 9.33. The Labute approximate surface area is 205 Å². The molecule has 0 atom stereocenters. The lowest BCUT2D eigenvalue weighted by molar-refractivity contribution is 0.0525. The van der Waals surface area contributed by atoms with Gasteiger partial charge in [-0.1, -0.05) is 18.2 Å². The number of amides is 3. The Bertz CT molecular complexity index is 1120. The Hall–Kier alpha value is -3.68. The second-order valence-electron chi connectivity index (χ2n) is 9.33. The van der Waals surface area contributed by atoms with Gasteiger partial charge in [0.2, 0.25) is 0 Å². The Balaban J connectivity index is 1.31. The van der Waals surface area contributed by atoms with E-state index >= 15 is 0 Å². The highest BCUT2D eigenvalue weighted by atomic mass is 16.5. The Morgan fingerprint density at radius 3 is 2.14 bits per heavy atom. The average molecular weight is 478 g/mol. The number of ketones is 1. The number of carbonyl (C=O) groups is 4. The molecule has 2 heterocycles. The van der Waals surface area contributed by atoms with Crippen LogP contribution in [0.1, 0.15) is 64.2 Å². The van der Waals surface area contributed by atoms with Crippen LogP contribution in [0.25, 0.3) is 0 Å². The van der Waals surface area contributed by atoms with Gasteiger partial charge >= 0.3 is 12.0 Å².